The Bertz CT molecular complexity index is 786. The summed E-state index contributed by atoms with van der Waals surface area (Å²) in [6, 6.07) is 10.9. The monoisotopic (exact) mass is 312 g/mol. The van der Waals surface area contributed by atoms with E-state index in [1.165, 1.54) is 0 Å². The Hall–Kier alpha value is -2.66. The standard InChI is InChI=1S/C16H13ClN4O/c17-14-4-2-1-3-13(14)11-21-10-9-19-16(21)20-15(22)12-5-7-18-8-6-12/h1-10H,11H2,(H,19,20,22). The van der Waals surface area contributed by atoms with Crippen LogP contribution >= 0.6 is 11.6 Å². The highest BCUT2D eigenvalue weighted by Crippen LogP contribution is 2.18. The molecular weight excluding hydrogens is 300 g/mol. The van der Waals surface area contributed by atoms with Crippen LogP contribution in [0.25, 0.3) is 0 Å². The quantitative estimate of drug-likeness (QED) is 0.804. The van der Waals surface area contributed by atoms with Crippen LogP contribution in [-0.2, 0) is 6.54 Å². The smallest absolute Gasteiger partial charge is 0.258 e. The lowest BCUT2D eigenvalue weighted by Crippen LogP contribution is -2.16. The Balaban J connectivity index is 1.78. The number of hydrogen-bond donors (Lipinski definition) is 1. The molecule has 2 heterocycles. The predicted octanol–water partition coefficient (Wildman–Crippen LogP) is 3.23. The Morgan fingerprint density at radius 1 is 1.14 bits per heavy atom. The first-order valence-electron chi connectivity index (χ1n) is 6.70. The number of amides is 1. The number of nitrogens with one attached hydrogen (secondary N) is 1. The third-order valence-electron chi connectivity index (χ3n) is 3.18. The van der Waals surface area contributed by atoms with Gasteiger partial charge in [0.05, 0.1) is 6.54 Å². The van der Waals surface area contributed by atoms with Crippen LogP contribution < -0.4 is 5.32 Å². The highest BCUT2D eigenvalue weighted by molar-refractivity contribution is 6.31. The SMILES string of the molecule is O=C(Nc1nccn1Cc1ccccc1Cl)c1ccncc1. The maximum Gasteiger partial charge on any atom is 0.258 e. The second kappa shape index (κ2) is 6.41. The van der Waals surface area contributed by atoms with Crippen LogP contribution in [0.1, 0.15) is 15.9 Å². The van der Waals surface area contributed by atoms with Crippen molar-refractivity contribution in [1.82, 2.24) is 14.5 Å². The van der Waals surface area contributed by atoms with Gasteiger partial charge >= 0.3 is 0 Å². The fraction of sp³-hybridized carbons (Fsp3) is 0.0625. The molecule has 0 bridgehead atoms. The topological polar surface area (TPSA) is 59.8 Å². The molecule has 110 valence electrons. The first kappa shape index (κ1) is 14.3. The average molecular weight is 313 g/mol. The summed E-state index contributed by atoms with van der Waals surface area (Å²) in [6.45, 7) is 0.533. The van der Waals surface area contributed by atoms with Gasteiger partial charge < -0.3 is 4.57 Å². The zero-order chi connectivity index (χ0) is 15.4. The van der Waals surface area contributed by atoms with E-state index < -0.39 is 0 Å². The molecule has 3 aromatic rings. The Morgan fingerprint density at radius 3 is 2.68 bits per heavy atom. The molecule has 2 aromatic heterocycles. The van der Waals surface area contributed by atoms with Crippen LogP contribution in [0.2, 0.25) is 5.02 Å². The second-order valence-electron chi connectivity index (χ2n) is 4.66. The third kappa shape index (κ3) is 3.15. The van der Waals surface area contributed by atoms with Gasteiger partial charge in [0, 0.05) is 35.4 Å². The van der Waals surface area contributed by atoms with Crippen molar-refractivity contribution in [3.05, 3.63) is 77.3 Å². The highest BCUT2D eigenvalue weighted by atomic mass is 35.5. The van der Waals surface area contributed by atoms with Gasteiger partial charge in [-0.25, -0.2) is 4.98 Å². The molecule has 0 spiro atoms. The van der Waals surface area contributed by atoms with Crippen molar-refractivity contribution < 1.29 is 4.79 Å². The predicted molar refractivity (Wildman–Crippen MR) is 85.0 cm³/mol. The van der Waals surface area contributed by atoms with E-state index in [2.05, 4.69) is 15.3 Å². The number of nitrogens with zero attached hydrogens (tertiary/aromatic N) is 3. The molecule has 1 amide bonds. The van der Waals surface area contributed by atoms with Crippen molar-refractivity contribution in [1.29, 1.82) is 0 Å². The number of anilines is 1. The fourth-order valence-corrected chi connectivity index (χ4v) is 2.24. The molecule has 0 atom stereocenters. The van der Waals surface area contributed by atoms with Crippen molar-refractivity contribution in [2.24, 2.45) is 0 Å². The number of imidazole rings is 1. The fourth-order valence-electron chi connectivity index (χ4n) is 2.05. The van der Waals surface area contributed by atoms with Gasteiger partial charge in [-0.2, -0.15) is 0 Å². The van der Waals surface area contributed by atoms with Gasteiger partial charge in [-0.05, 0) is 23.8 Å². The van der Waals surface area contributed by atoms with Crippen LogP contribution in [0.5, 0.6) is 0 Å². The van der Waals surface area contributed by atoms with Gasteiger partial charge in [-0.3, -0.25) is 15.1 Å². The maximum atomic E-state index is 12.2. The molecule has 0 fully saturated rings. The third-order valence-corrected chi connectivity index (χ3v) is 3.55. The number of halogens is 1. The molecule has 0 aliphatic heterocycles. The number of pyridine rings is 1. The zero-order valence-electron chi connectivity index (χ0n) is 11.6. The summed E-state index contributed by atoms with van der Waals surface area (Å²) in [6.07, 6.45) is 6.58. The lowest BCUT2D eigenvalue weighted by molar-refractivity contribution is 0.102. The van der Waals surface area contributed by atoms with Crippen molar-refractivity contribution in [3.63, 3.8) is 0 Å². The Kier molecular flexibility index (Phi) is 4.16. The van der Waals surface area contributed by atoms with E-state index in [-0.39, 0.29) is 5.91 Å². The minimum absolute atomic E-state index is 0.228. The zero-order valence-corrected chi connectivity index (χ0v) is 12.4. The number of aromatic nitrogens is 3. The van der Waals surface area contributed by atoms with Crippen LogP contribution in [0.3, 0.4) is 0 Å². The summed E-state index contributed by atoms with van der Waals surface area (Å²) < 4.78 is 1.83. The summed E-state index contributed by atoms with van der Waals surface area (Å²) in [5, 5.41) is 3.47. The average Bonchev–Trinajstić information content (AvgIpc) is 2.97. The summed E-state index contributed by atoms with van der Waals surface area (Å²) in [4.78, 5) is 20.2. The first-order chi connectivity index (χ1) is 10.7. The summed E-state index contributed by atoms with van der Waals surface area (Å²) in [5.41, 5.74) is 1.49. The normalized spacial score (nSPS) is 10.4. The van der Waals surface area contributed by atoms with Gasteiger partial charge in [0.2, 0.25) is 5.95 Å². The van der Waals surface area contributed by atoms with E-state index in [9.17, 15) is 4.79 Å². The van der Waals surface area contributed by atoms with Crippen molar-refractivity contribution in [3.8, 4) is 0 Å². The van der Waals surface area contributed by atoms with Crippen LogP contribution in [0.15, 0.2) is 61.2 Å². The molecule has 5 nitrogen and oxygen atoms in total. The molecule has 6 heteroatoms. The van der Waals surface area contributed by atoms with Crippen LogP contribution in [0.4, 0.5) is 5.95 Å². The summed E-state index contributed by atoms with van der Waals surface area (Å²) in [7, 11) is 0. The molecular formula is C16H13ClN4O. The molecule has 0 saturated carbocycles. The lowest BCUT2D eigenvalue weighted by Gasteiger charge is -2.10. The van der Waals surface area contributed by atoms with Crippen molar-refractivity contribution in [2.75, 3.05) is 5.32 Å². The van der Waals surface area contributed by atoms with Gasteiger partial charge in [0.25, 0.3) is 5.91 Å². The van der Waals surface area contributed by atoms with E-state index >= 15 is 0 Å². The number of rotatable bonds is 4. The van der Waals surface area contributed by atoms with Gasteiger partial charge in [-0.15, -0.1) is 0 Å². The van der Waals surface area contributed by atoms with Crippen molar-refractivity contribution in [2.45, 2.75) is 6.54 Å². The van der Waals surface area contributed by atoms with Gasteiger partial charge in [0.1, 0.15) is 0 Å². The molecule has 0 aliphatic carbocycles. The van der Waals surface area contributed by atoms with Crippen LogP contribution in [0, 0.1) is 0 Å². The second-order valence-corrected chi connectivity index (χ2v) is 5.07. The van der Waals surface area contributed by atoms with Crippen LogP contribution in [-0.4, -0.2) is 20.4 Å². The molecule has 1 N–H and O–H groups in total. The van der Waals surface area contributed by atoms with E-state index in [1.807, 2.05) is 28.8 Å². The maximum absolute atomic E-state index is 12.2. The highest BCUT2D eigenvalue weighted by Gasteiger charge is 2.10. The molecule has 1 aromatic carbocycles. The Labute approximate surface area is 132 Å². The summed E-state index contributed by atoms with van der Waals surface area (Å²) >= 11 is 6.17. The number of benzene rings is 1. The minimum atomic E-state index is -0.228. The molecule has 0 radical (unpaired) electrons. The van der Waals surface area contributed by atoms with Crippen molar-refractivity contribution >= 4 is 23.5 Å². The number of hydrogen-bond acceptors (Lipinski definition) is 3. The summed E-state index contributed by atoms with van der Waals surface area (Å²) in [5.74, 6) is 0.246. The van der Waals surface area contributed by atoms with E-state index in [0.29, 0.717) is 23.1 Å². The molecule has 0 aliphatic rings. The first-order valence-corrected chi connectivity index (χ1v) is 7.08. The van der Waals surface area contributed by atoms with E-state index in [4.69, 9.17) is 11.6 Å². The molecule has 0 unspecified atom stereocenters. The largest absolute Gasteiger partial charge is 0.313 e. The lowest BCUT2D eigenvalue weighted by atomic mass is 10.2. The van der Waals surface area contributed by atoms with Gasteiger partial charge in [0.15, 0.2) is 0 Å². The van der Waals surface area contributed by atoms with E-state index in [0.717, 1.165) is 5.56 Å². The minimum Gasteiger partial charge on any atom is -0.313 e. The number of carbonyl (C=O) groups excluding carboxylic acids is 1. The molecule has 22 heavy (non-hydrogen) atoms. The van der Waals surface area contributed by atoms with Gasteiger partial charge in [-0.1, -0.05) is 29.8 Å². The molecule has 3 rings (SSSR count). The Morgan fingerprint density at radius 2 is 1.91 bits per heavy atom. The van der Waals surface area contributed by atoms with E-state index in [1.54, 1.807) is 36.9 Å². The molecule has 0 saturated heterocycles. The number of carbonyl (C=O) groups is 1.